The molecule has 1 unspecified atom stereocenters. The first kappa shape index (κ1) is 12.0. The van der Waals surface area contributed by atoms with E-state index in [2.05, 4.69) is 15.3 Å². The van der Waals surface area contributed by atoms with Crippen LogP contribution >= 0.6 is 22.9 Å². The fourth-order valence-electron chi connectivity index (χ4n) is 1.33. The lowest BCUT2D eigenvalue weighted by molar-refractivity contribution is 0.0935. The van der Waals surface area contributed by atoms with E-state index in [0.717, 1.165) is 4.88 Å². The Balaban J connectivity index is 2.07. The molecule has 88 valence electrons. The SMILES string of the molecule is CC(NC(=O)c1cncc(Cl)n1)c1cccs1. The minimum Gasteiger partial charge on any atom is -0.343 e. The summed E-state index contributed by atoms with van der Waals surface area (Å²) in [6, 6.07) is 3.87. The predicted molar refractivity (Wildman–Crippen MR) is 67.2 cm³/mol. The lowest BCUT2D eigenvalue weighted by Crippen LogP contribution is -2.27. The first-order chi connectivity index (χ1) is 8.16. The van der Waals surface area contributed by atoms with Gasteiger partial charge in [0, 0.05) is 4.88 Å². The largest absolute Gasteiger partial charge is 0.343 e. The van der Waals surface area contributed by atoms with Crippen LogP contribution in [-0.4, -0.2) is 15.9 Å². The highest BCUT2D eigenvalue weighted by Crippen LogP contribution is 2.18. The number of thiophene rings is 1. The highest BCUT2D eigenvalue weighted by molar-refractivity contribution is 7.10. The molecular weight excluding hydrogens is 258 g/mol. The van der Waals surface area contributed by atoms with E-state index >= 15 is 0 Å². The molecule has 0 saturated carbocycles. The molecule has 0 radical (unpaired) electrons. The van der Waals surface area contributed by atoms with Crippen LogP contribution in [0, 0.1) is 0 Å². The van der Waals surface area contributed by atoms with Gasteiger partial charge in [0.2, 0.25) is 0 Å². The average molecular weight is 268 g/mol. The number of hydrogen-bond donors (Lipinski definition) is 1. The molecule has 2 heterocycles. The Morgan fingerprint density at radius 3 is 3.00 bits per heavy atom. The third-order valence-corrected chi connectivity index (χ3v) is 3.39. The summed E-state index contributed by atoms with van der Waals surface area (Å²) in [5.41, 5.74) is 0.223. The van der Waals surface area contributed by atoms with Crippen molar-refractivity contribution in [3.05, 3.63) is 45.6 Å². The number of halogens is 1. The molecule has 17 heavy (non-hydrogen) atoms. The van der Waals surface area contributed by atoms with Crippen LogP contribution < -0.4 is 5.32 Å². The lowest BCUT2D eigenvalue weighted by atomic mass is 10.2. The van der Waals surface area contributed by atoms with Gasteiger partial charge in [-0.1, -0.05) is 17.7 Å². The molecule has 1 N–H and O–H groups in total. The molecule has 2 aromatic heterocycles. The molecule has 2 aromatic rings. The van der Waals surface area contributed by atoms with E-state index in [0.29, 0.717) is 0 Å². The maximum absolute atomic E-state index is 11.8. The monoisotopic (exact) mass is 267 g/mol. The van der Waals surface area contributed by atoms with Crippen LogP contribution in [0.3, 0.4) is 0 Å². The number of amides is 1. The van der Waals surface area contributed by atoms with E-state index in [1.54, 1.807) is 11.3 Å². The molecule has 0 fully saturated rings. The fourth-order valence-corrected chi connectivity index (χ4v) is 2.21. The van der Waals surface area contributed by atoms with Gasteiger partial charge in [0.1, 0.15) is 10.8 Å². The third-order valence-electron chi connectivity index (χ3n) is 2.16. The Morgan fingerprint density at radius 1 is 1.53 bits per heavy atom. The number of rotatable bonds is 3. The van der Waals surface area contributed by atoms with E-state index in [9.17, 15) is 4.79 Å². The zero-order valence-electron chi connectivity index (χ0n) is 9.05. The molecule has 0 aliphatic heterocycles. The van der Waals surface area contributed by atoms with Gasteiger partial charge in [0.15, 0.2) is 0 Å². The van der Waals surface area contributed by atoms with Crippen molar-refractivity contribution in [1.29, 1.82) is 0 Å². The number of hydrogen-bond acceptors (Lipinski definition) is 4. The second-order valence-electron chi connectivity index (χ2n) is 3.44. The Labute approximate surface area is 108 Å². The van der Waals surface area contributed by atoms with E-state index in [1.807, 2.05) is 24.4 Å². The summed E-state index contributed by atoms with van der Waals surface area (Å²) in [7, 11) is 0. The van der Waals surface area contributed by atoms with Crippen molar-refractivity contribution < 1.29 is 4.79 Å². The first-order valence-electron chi connectivity index (χ1n) is 4.98. The zero-order valence-corrected chi connectivity index (χ0v) is 10.6. The van der Waals surface area contributed by atoms with Crippen LogP contribution in [0.5, 0.6) is 0 Å². The molecule has 2 rings (SSSR count). The van der Waals surface area contributed by atoms with Gasteiger partial charge in [0.25, 0.3) is 5.91 Å². The van der Waals surface area contributed by atoms with E-state index in [4.69, 9.17) is 11.6 Å². The van der Waals surface area contributed by atoms with Crippen molar-refractivity contribution in [2.75, 3.05) is 0 Å². The molecule has 6 heteroatoms. The van der Waals surface area contributed by atoms with E-state index in [1.165, 1.54) is 12.4 Å². The summed E-state index contributed by atoms with van der Waals surface area (Å²) < 4.78 is 0. The summed E-state index contributed by atoms with van der Waals surface area (Å²) >= 11 is 7.27. The molecule has 0 saturated heterocycles. The molecule has 4 nitrogen and oxygen atoms in total. The summed E-state index contributed by atoms with van der Waals surface area (Å²) in [4.78, 5) is 20.7. The molecule has 0 aliphatic carbocycles. The Bertz CT molecular complexity index is 515. The summed E-state index contributed by atoms with van der Waals surface area (Å²) in [6.07, 6.45) is 2.78. The number of carbonyl (C=O) groups excluding carboxylic acids is 1. The normalized spacial score (nSPS) is 12.1. The van der Waals surface area contributed by atoms with Crippen LogP contribution in [0.25, 0.3) is 0 Å². The number of nitrogens with one attached hydrogen (secondary N) is 1. The fraction of sp³-hybridized carbons (Fsp3) is 0.182. The van der Waals surface area contributed by atoms with Gasteiger partial charge in [-0.2, -0.15) is 0 Å². The van der Waals surface area contributed by atoms with Crippen molar-refractivity contribution in [3.63, 3.8) is 0 Å². The predicted octanol–water partition coefficient (Wildman–Crippen LogP) is 2.68. The summed E-state index contributed by atoms with van der Waals surface area (Å²) in [5.74, 6) is -0.277. The van der Waals surface area contributed by atoms with Gasteiger partial charge in [-0.05, 0) is 18.4 Å². The molecule has 0 bridgehead atoms. The smallest absolute Gasteiger partial charge is 0.272 e. The van der Waals surface area contributed by atoms with Crippen molar-refractivity contribution in [1.82, 2.24) is 15.3 Å². The molecular formula is C11H10ClN3OS. The molecule has 1 amide bonds. The zero-order chi connectivity index (χ0) is 12.3. The highest BCUT2D eigenvalue weighted by Gasteiger charge is 2.13. The molecule has 0 spiro atoms. The summed E-state index contributed by atoms with van der Waals surface area (Å²) in [6.45, 7) is 1.92. The second-order valence-corrected chi connectivity index (χ2v) is 4.80. The van der Waals surface area contributed by atoms with Gasteiger partial charge in [-0.15, -0.1) is 11.3 Å². The van der Waals surface area contributed by atoms with Gasteiger partial charge < -0.3 is 5.32 Å². The van der Waals surface area contributed by atoms with Crippen LogP contribution in [-0.2, 0) is 0 Å². The molecule has 1 atom stereocenters. The maximum atomic E-state index is 11.8. The van der Waals surface area contributed by atoms with E-state index < -0.39 is 0 Å². The topological polar surface area (TPSA) is 54.9 Å². The van der Waals surface area contributed by atoms with Crippen LogP contribution in [0.15, 0.2) is 29.9 Å². The van der Waals surface area contributed by atoms with Gasteiger partial charge >= 0.3 is 0 Å². The van der Waals surface area contributed by atoms with E-state index in [-0.39, 0.29) is 22.8 Å². The molecule has 0 aromatic carbocycles. The quantitative estimate of drug-likeness (QED) is 0.930. The standard InChI is InChI=1S/C11H10ClN3OS/c1-7(9-3-2-4-17-9)14-11(16)8-5-13-6-10(12)15-8/h2-7H,1H3,(H,14,16). The number of aromatic nitrogens is 2. The maximum Gasteiger partial charge on any atom is 0.272 e. The van der Waals surface area contributed by atoms with Crippen molar-refractivity contribution in [2.24, 2.45) is 0 Å². The van der Waals surface area contributed by atoms with Crippen molar-refractivity contribution in [2.45, 2.75) is 13.0 Å². The lowest BCUT2D eigenvalue weighted by Gasteiger charge is -2.11. The first-order valence-corrected chi connectivity index (χ1v) is 6.24. The van der Waals surface area contributed by atoms with Crippen LogP contribution in [0.2, 0.25) is 5.15 Å². The van der Waals surface area contributed by atoms with Crippen molar-refractivity contribution >= 4 is 28.8 Å². The van der Waals surface area contributed by atoms with Gasteiger partial charge in [-0.25, -0.2) is 4.98 Å². The Kier molecular flexibility index (Phi) is 3.71. The third kappa shape index (κ3) is 3.01. The van der Waals surface area contributed by atoms with Gasteiger partial charge in [0.05, 0.1) is 18.4 Å². The molecule has 0 aliphatic rings. The highest BCUT2D eigenvalue weighted by atomic mass is 35.5. The van der Waals surface area contributed by atoms with Crippen LogP contribution in [0.4, 0.5) is 0 Å². The van der Waals surface area contributed by atoms with Gasteiger partial charge in [-0.3, -0.25) is 9.78 Å². The number of nitrogens with zero attached hydrogens (tertiary/aromatic N) is 2. The Hall–Kier alpha value is -1.46. The minimum atomic E-state index is -0.277. The number of carbonyl (C=O) groups is 1. The second kappa shape index (κ2) is 5.25. The minimum absolute atomic E-state index is 0.0525. The van der Waals surface area contributed by atoms with Crippen molar-refractivity contribution in [3.8, 4) is 0 Å². The summed E-state index contributed by atoms with van der Waals surface area (Å²) in [5, 5.41) is 5.02. The average Bonchev–Trinajstić information content (AvgIpc) is 2.82. The Morgan fingerprint density at radius 2 is 2.35 bits per heavy atom. The van der Waals surface area contributed by atoms with Crippen LogP contribution in [0.1, 0.15) is 28.3 Å².